The fourth-order valence-electron chi connectivity index (χ4n) is 3.33. The Bertz CT molecular complexity index is 1250. The fourth-order valence-corrected chi connectivity index (χ4v) is 3.33. The van der Waals surface area contributed by atoms with Crippen molar-refractivity contribution < 1.29 is 58.5 Å². The van der Waals surface area contributed by atoms with Crippen molar-refractivity contribution in [2.45, 2.75) is 37.5 Å². The van der Waals surface area contributed by atoms with Crippen LogP contribution in [0.1, 0.15) is 11.1 Å². The van der Waals surface area contributed by atoms with Gasteiger partial charge in [-0.05, 0) is 23.8 Å². The number of ether oxygens (including phenoxy) is 2. The molecule has 15 heteroatoms. The largest absolute Gasteiger partial charge is 0.458 e. The SMILES string of the molecule is O[C@H](CN(Cc1cccc(C(F)(F)C(F)(F)F)c1)c1cccc(Oc2ccncc2OC(F)F)c1)C(F)(F)F. The predicted octanol–water partition coefficient (Wildman–Crippen LogP) is 7.06. The van der Waals surface area contributed by atoms with E-state index in [4.69, 9.17) is 4.74 Å². The molecule has 5 nitrogen and oxygen atoms in total. The standard InChI is InChI=1S/C24H18F10N2O3/c25-21(26)39-19-11-35-8-7-18(19)38-17-6-2-5-16(10-17)36(13-20(37)23(29,30)31)12-14-3-1-4-15(9-14)22(27,28)24(32,33)34/h1-11,20-21,37H,12-13H2/t20-/m1/s1. The Balaban J connectivity index is 1.95. The first-order chi connectivity index (χ1) is 18.1. The van der Waals surface area contributed by atoms with Gasteiger partial charge in [-0.25, -0.2) is 0 Å². The lowest BCUT2D eigenvalue weighted by atomic mass is 10.0. The zero-order valence-corrected chi connectivity index (χ0v) is 19.4. The molecule has 3 aromatic rings. The van der Waals surface area contributed by atoms with Crippen LogP contribution in [-0.4, -0.2) is 41.7 Å². The van der Waals surface area contributed by atoms with Crippen LogP contribution in [0.5, 0.6) is 17.2 Å². The van der Waals surface area contributed by atoms with E-state index >= 15 is 0 Å². The van der Waals surface area contributed by atoms with E-state index in [1.807, 2.05) is 0 Å². The third kappa shape index (κ3) is 7.65. The van der Waals surface area contributed by atoms with Gasteiger partial charge in [0.05, 0.1) is 12.7 Å². The number of benzene rings is 2. The number of nitrogens with zero attached hydrogens (tertiary/aromatic N) is 2. The molecular formula is C24H18F10N2O3. The lowest BCUT2D eigenvalue weighted by Gasteiger charge is -2.29. The zero-order valence-electron chi connectivity index (χ0n) is 19.4. The minimum Gasteiger partial charge on any atom is -0.453 e. The molecule has 0 fully saturated rings. The van der Waals surface area contributed by atoms with Gasteiger partial charge >= 0.3 is 24.9 Å². The van der Waals surface area contributed by atoms with Crippen LogP contribution in [-0.2, 0) is 12.5 Å². The van der Waals surface area contributed by atoms with Crippen molar-refractivity contribution in [2.75, 3.05) is 11.4 Å². The third-order valence-electron chi connectivity index (χ3n) is 5.16. The maximum absolute atomic E-state index is 13.8. The summed E-state index contributed by atoms with van der Waals surface area (Å²) in [7, 11) is 0. The van der Waals surface area contributed by atoms with Gasteiger partial charge in [0.25, 0.3) is 0 Å². The highest BCUT2D eigenvalue weighted by molar-refractivity contribution is 5.53. The number of halogens is 10. The molecule has 0 unspecified atom stereocenters. The molecule has 1 atom stereocenters. The van der Waals surface area contributed by atoms with Crippen molar-refractivity contribution in [1.29, 1.82) is 0 Å². The van der Waals surface area contributed by atoms with E-state index in [2.05, 4.69) is 9.72 Å². The number of aliphatic hydroxyl groups excluding tert-OH is 1. The normalized spacial score (nSPS) is 13.3. The van der Waals surface area contributed by atoms with Gasteiger partial charge in [-0.1, -0.05) is 24.3 Å². The zero-order chi connectivity index (χ0) is 29.0. The van der Waals surface area contributed by atoms with E-state index in [0.717, 1.165) is 29.3 Å². The quantitative estimate of drug-likeness (QED) is 0.264. The number of aliphatic hydroxyl groups is 1. The molecule has 1 aromatic heterocycles. The molecule has 39 heavy (non-hydrogen) atoms. The monoisotopic (exact) mass is 572 g/mol. The Hall–Kier alpha value is -3.75. The van der Waals surface area contributed by atoms with E-state index < -0.39 is 55.4 Å². The number of alkyl halides is 10. The molecule has 2 aromatic carbocycles. The molecule has 0 aliphatic rings. The maximum Gasteiger partial charge on any atom is 0.458 e. The number of anilines is 1. The van der Waals surface area contributed by atoms with Gasteiger partial charge in [0, 0.05) is 36.1 Å². The molecule has 1 heterocycles. The first-order valence-electron chi connectivity index (χ1n) is 10.8. The van der Waals surface area contributed by atoms with Gasteiger partial charge in [-0.3, -0.25) is 4.98 Å². The summed E-state index contributed by atoms with van der Waals surface area (Å²) in [5.74, 6) is -6.01. The van der Waals surface area contributed by atoms with Crippen LogP contribution in [0.15, 0.2) is 67.0 Å². The minimum absolute atomic E-state index is 0.0748. The van der Waals surface area contributed by atoms with Gasteiger partial charge in [0.1, 0.15) is 5.75 Å². The second kappa shape index (κ2) is 11.6. The van der Waals surface area contributed by atoms with E-state index in [-0.39, 0.29) is 22.7 Å². The smallest absolute Gasteiger partial charge is 0.453 e. The van der Waals surface area contributed by atoms with Crippen LogP contribution in [0, 0.1) is 0 Å². The fraction of sp³-hybridized carbons (Fsp3) is 0.292. The summed E-state index contributed by atoms with van der Waals surface area (Å²) in [4.78, 5) is 4.50. The highest BCUT2D eigenvalue weighted by Crippen LogP contribution is 2.44. The molecule has 1 N–H and O–H groups in total. The summed E-state index contributed by atoms with van der Waals surface area (Å²) < 4.78 is 141. The Kier molecular flexibility index (Phi) is 8.83. The molecule has 0 bridgehead atoms. The highest BCUT2D eigenvalue weighted by Gasteiger charge is 2.58. The summed E-state index contributed by atoms with van der Waals surface area (Å²) in [6.07, 6.45) is -11.8. The van der Waals surface area contributed by atoms with Crippen LogP contribution in [0.25, 0.3) is 0 Å². The van der Waals surface area contributed by atoms with Crippen molar-refractivity contribution in [1.82, 2.24) is 4.98 Å². The van der Waals surface area contributed by atoms with Gasteiger partial charge in [-0.2, -0.15) is 43.9 Å². The number of aromatic nitrogens is 1. The molecule has 0 saturated carbocycles. The summed E-state index contributed by atoms with van der Waals surface area (Å²) in [6, 6.07) is 9.18. The van der Waals surface area contributed by atoms with Crippen LogP contribution in [0.4, 0.5) is 49.6 Å². The predicted molar refractivity (Wildman–Crippen MR) is 117 cm³/mol. The molecule has 0 amide bonds. The molecule has 0 spiro atoms. The van der Waals surface area contributed by atoms with E-state index in [9.17, 15) is 49.0 Å². The molecular weight excluding hydrogens is 554 g/mol. The van der Waals surface area contributed by atoms with Crippen LogP contribution >= 0.6 is 0 Å². The minimum atomic E-state index is -5.91. The van der Waals surface area contributed by atoms with Crippen molar-refractivity contribution in [2.24, 2.45) is 0 Å². The average Bonchev–Trinajstić information content (AvgIpc) is 2.83. The summed E-state index contributed by atoms with van der Waals surface area (Å²) in [5.41, 5.74) is -1.72. The summed E-state index contributed by atoms with van der Waals surface area (Å²) in [5, 5.41) is 9.65. The van der Waals surface area contributed by atoms with E-state index in [0.29, 0.717) is 12.1 Å². The van der Waals surface area contributed by atoms with Crippen molar-refractivity contribution in [3.63, 3.8) is 0 Å². The number of pyridine rings is 1. The molecule has 0 saturated heterocycles. The second-order valence-corrected chi connectivity index (χ2v) is 8.01. The topological polar surface area (TPSA) is 54.8 Å². The average molecular weight is 572 g/mol. The molecule has 0 radical (unpaired) electrons. The number of hydrogen-bond donors (Lipinski definition) is 1. The Morgan fingerprint density at radius 3 is 2.21 bits per heavy atom. The first-order valence-corrected chi connectivity index (χ1v) is 10.8. The van der Waals surface area contributed by atoms with Gasteiger partial charge in [0.15, 0.2) is 17.6 Å². The molecule has 212 valence electrons. The summed E-state index contributed by atoms with van der Waals surface area (Å²) in [6.45, 7) is -4.99. The lowest BCUT2D eigenvalue weighted by Crippen LogP contribution is -2.41. The van der Waals surface area contributed by atoms with Gasteiger partial charge < -0.3 is 19.5 Å². The van der Waals surface area contributed by atoms with Crippen molar-refractivity contribution >= 4 is 5.69 Å². The molecule has 0 aliphatic heterocycles. The maximum atomic E-state index is 13.8. The first kappa shape index (κ1) is 29.8. The van der Waals surface area contributed by atoms with Gasteiger partial charge in [0.2, 0.25) is 0 Å². The Morgan fingerprint density at radius 1 is 0.872 bits per heavy atom. The van der Waals surface area contributed by atoms with Crippen LogP contribution in [0.2, 0.25) is 0 Å². The van der Waals surface area contributed by atoms with Crippen molar-refractivity contribution in [3.8, 4) is 17.2 Å². The van der Waals surface area contributed by atoms with Crippen molar-refractivity contribution in [3.05, 3.63) is 78.1 Å². The third-order valence-corrected chi connectivity index (χ3v) is 5.16. The Morgan fingerprint density at radius 2 is 1.56 bits per heavy atom. The van der Waals surface area contributed by atoms with Crippen LogP contribution in [0.3, 0.4) is 0 Å². The summed E-state index contributed by atoms with van der Waals surface area (Å²) >= 11 is 0. The Labute approximate surface area is 214 Å². The van der Waals surface area contributed by atoms with Gasteiger partial charge in [-0.15, -0.1) is 0 Å². The lowest BCUT2D eigenvalue weighted by molar-refractivity contribution is -0.289. The molecule has 0 aliphatic carbocycles. The molecule has 3 rings (SSSR count). The second-order valence-electron chi connectivity index (χ2n) is 8.01. The van der Waals surface area contributed by atoms with E-state index in [1.54, 1.807) is 0 Å². The number of hydrogen-bond acceptors (Lipinski definition) is 5. The van der Waals surface area contributed by atoms with Crippen LogP contribution < -0.4 is 14.4 Å². The number of rotatable bonds is 10. The highest BCUT2D eigenvalue weighted by atomic mass is 19.4. The van der Waals surface area contributed by atoms with E-state index in [1.165, 1.54) is 30.5 Å².